The minimum Gasteiger partial charge on any atom is -0.392 e. The SMILES string of the molecule is CCCS(=O)(=O)CCN1CCCCC1C(N)=S. The maximum Gasteiger partial charge on any atom is 0.151 e. The van der Waals surface area contributed by atoms with Gasteiger partial charge in [-0.15, -0.1) is 0 Å². The Morgan fingerprint density at radius 2 is 2.12 bits per heavy atom. The van der Waals surface area contributed by atoms with E-state index >= 15 is 0 Å². The fourth-order valence-electron chi connectivity index (χ4n) is 2.25. The van der Waals surface area contributed by atoms with Gasteiger partial charge >= 0.3 is 0 Å². The van der Waals surface area contributed by atoms with Gasteiger partial charge in [0.05, 0.1) is 16.8 Å². The first-order valence-electron chi connectivity index (χ1n) is 6.20. The van der Waals surface area contributed by atoms with Crippen LogP contribution in [-0.4, -0.2) is 48.9 Å². The highest BCUT2D eigenvalue weighted by Crippen LogP contribution is 2.17. The van der Waals surface area contributed by atoms with Gasteiger partial charge in [-0.25, -0.2) is 8.42 Å². The molecule has 1 saturated heterocycles. The number of hydrogen-bond donors (Lipinski definition) is 1. The number of nitrogens with two attached hydrogens (primary N) is 1. The Labute approximate surface area is 109 Å². The second-order valence-corrected chi connectivity index (χ2v) is 7.38. The number of likely N-dealkylation sites (tertiary alicyclic amines) is 1. The van der Waals surface area contributed by atoms with Crippen molar-refractivity contribution in [2.75, 3.05) is 24.6 Å². The molecule has 2 N–H and O–H groups in total. The van der Waals surface area contributed by atoms with Crippen molar-refractivity contribution in [1.82, 2.24) is 4.90 Å². The smallest absolute Gasteiger partial charge is 0.151 e. The Morgan fingerprint density at radius 1 is 1.41 bits per heavy atom. The van der Waals surface area contributed by atoms with E-state index in [0.717, 1.165) is 25.8 Å². The zero-order valence-electron chi connectivity index (χ0n) is 10.4. The van der Waals surface area contributed by atoms with E-state index in [1.807, 2.05) is 6.92 Å². The van der Waals surface area contributed by atoms with E-state index in [9.17, 15) is 8.42 Å². The average molecular weight is 278 g/mol. The molecule has 0 aliphatic carbocycles. The van der Waals surface area contributed by atoms with E-state index in [-0.39, 0.29) is 17.5 Å². The monoisotopic (exact) mass is 278 g/mol. The van der Waals surface area contributed by atoms with E-state index in [4.69, 9.17) is 18.0 Å². The van der Waals surface area contributed by atoms with Gasteiger partial charge in [0, 0.05) is 12.3 Å². The quantitative estimate of drug-likeness (QED) is 0.733. The van der Waals surface area contributed by atoms with Crippen LogP contribution in [0.5, 0.6) is 0 Å². The molecule has 0 aromatic rings. The van der Waals surface area contributed by atoms with Crippen LogP contribution in [0.4, 0.5) is 0 Å². The molecule has 1 heterocycles. The fraction of sp³-hybridized carbons (Fsp3) is 0.909. The Morgan fingerprint density at radius 3 is 2.71 bits per heavy atom. The van der Waals surface area contributed by atoms with E-state index in [0.29, 0.717) is 18.0 Å². The molecular formula is C11H22N2O2S2. The summed E-state index contributed by atoms with van der Waals surface area (Å²) in [5.41, 5.74) is 5.70. The summed E-state index contributed by atoms with van der Waals surface area (Å²) < 4.78 is 23.3. The number of thiocarbonyl (C=S) groups is 1. The van der Waals surface area contributed by atoms with Crippen LogP contribution < -0.4 is 5.73 Å². The number of hydrogen-bond acceptors (Lipinski definition) is 4. The standard InChI is InChI=1S/C11H22N2O2S2/c1-2-8-17(14,15)9-7-13-6-4-3-5-10(13)11(12)16/h10H,2-9H2,1H3,(H2,12,16). The molecule has 4 nitrogen and oxygen atoms in total. The molecule has 0 bridgehead atoms. The first kappa shape index (κ1) is 14.9. The number of piperidine rings is 1. The van der Waals surface area contributed by atoms with Crippen LogP contribution in [0.25, 0.3) is 0 Å². The zero-order chi connectivity index (χ0) is 12.9. The lowest BCUT2D eigenvalue weighted by Crippen LogP contribution is -2.48. The van der Waals surface area contributed by atoms with Gasteiger partial charge in [-0.1, -0.05) is 25.6 Å². The van der Waals surface area contributed by atoms with E-state index in [2.05, 4.69) is 4.90 Å². The molecule has 0 aromatic carbocycles. The molecule has 0 amide bonds. The molecule has 1 aliphatic heterocycles. The molecule has 0 aromatic heterocycles. The molecule has 1 fully saturated rings. The van der Waals surface area contributed by atoms with Crippen molar-refractivity contribution in [3.8, 4) is 0 Å². The maximum absolute atomic E-state index is 11.7. The van der Waals surface area contributed by atoms with Gasteiger partial charge in [-0.05, 0) is 25.8 Å². The van der Waals surface area contributed by atoms with Crippen molar-refractivity contribution in [2.24, 2.45) is 5.73 Å². The minimum atomic E-state index is -2.91. The highest BCUT2D eigenvalue weighted by Gasteiger charge is 2.25. The first-order chi connectivity index (χ1) is 7.96. The molecule has 100 valence electrons. The summed E-state index contributed by atoms with van der Waals surface area (Å²) in [7, 11) is -2.91. The molecule has 0 radical (unpaired) electrons. The Bertz CT molecular complexity index is 354. The minimum absolute atomic E-state index is 0.0931. The second-order valence-electron chi connectivity index (χ2n) is 4.60. The van der Waals surface area contributed by atoms with Crippen molar-refractivity contribution in [1.29, 1.82) is 0 Å². The Balaban J connectivity index is 2.51. The molecule has 1 aliphatic rings. The summed E-state index contributed by atoms with van der Waals surface area (Å²) in [5, 5.41) is 0. The zero-order valence-corrected chi connectivity index (χ0v) is 12.0. The van der Waals surface area contributed by atoms with Gasteiger partial charge in [0.25, 0.3) is 0 Å². The predicted molar refractivity (Wildman–Crippen MR) is 74.9 cm³/mol. The molecule has 6 heteroatoms. The Hall–Kier alpha value is -0.200. The Kier molecular flexibility index (Phi) is 5.82. The summed E-state index contributed by atoms with van der Waals surface area (Å²) in [6.07, 6.45) is 3.87. The second kappa shape index (κ2) is 6.66. The van der Waals surface area contributed by atoms with Crippen LogP contribution >= 0.6 is 12.2 Å². The third-order valence-electron chi connectivity index (χ3n) is 3.15. The van der Waals surface area contributed by atoms with Gasteiger partial charge in [-0.2, -0.15) is 0 Å². The van der Waals surface area contributed by atoms with Gasteiger partial charge in [0.15, 0.2) is 9.84 Å². The summed E-state index contributed by atoms with van der Waals surface area (Å²) in [4.78, 5) is 2.62. The van der Waals surface area contributed by atoms with Crippen LogP contribution in [-0.2, 0) is 9.84 Å². The first-order valence-corrected chi connectivity index (χ1v) is 8.43. The lowest BCUT2D eigenvalue weighted by atomic mass is 10.0. The molecule has 0 saturated carbocycles. The molecule has 1 rings (SSSR count). The summed E-state index contributed by atoms with van der Waals surface area (Å²) >= 11 is 5.04. The number of nitrogens with zero attached hydrogens (tertiary/aromatic N) is 1. The van der Waals surface area contributed by atoms with Crippen LogP contribution in [0.3, 0.4) is 0 Å². The van der Waals surface area contributed by atoms with Gasteiger partial charge in [0.2, 0.25) is 0 Å². The van der Waals surface area contributed by atoms with Crippen LogP contribution in [0.1, 0.15) is 32.6 Å². The molecule has 1 atom stereocenters. The van der Waals surface area contributed by atoms with Crippen LogP contribution in [0, 0.1) is 0 Å². The van der Waals surface area contributed by atoms with Crippen LogP contribution in [0.2, 0.25) is 0 Å². The van der Waals surface area contributed by atoms with Gasteiger partial charge in [0.1, 0.15) is 0 Å². The summed E-state index contributed by atoms with van der Waals surface area (Å²) in [6.45, 7) is 3.35. The lowest BCUT2D eigenvalue weighted by molar-refractivity contribution is 0.203. The normalized spacial score (nSPS) is 22.5. The number of rotatable bonds is 6. The van der Waals surface area contributed by atoms with Crippen molar-refractivity contribution in [3.63, 3.8) is 0 Å². The highest BCUT2D eigenvalue weighted by molar-refractivity contribution is 7.91. The third-order valence-corrected chi connectivity index (χ3v) is 5.25. The molecular weight excluding hydrogens is 256 g/mol. The van der Waals surface area contributed by atoms with Crippen molar-refractivity contribution in [3.05, 3.63) is 0 Å². The molecule has 1 unspecified atom stereocenters. The highest BCUT2D eigenvalue weighted by atomic mass is 32.2. The van der Waals surface area contributed by atoms with E-state index < -0.39 is 9.84 Å². The van der Waals surface area contributed by atoms with Crippen LogP contribution in [0.15, 0.2) is 0 Å². The summed E-state index contributed by atoms with van der Waals surface area (Å²) in [6, 6.07) is 0.0931. The topological polar surface area (TPSA) is 63.4 Å². The van der Waals surface area contributed by atoms with E-state index in [1.165, 1.54) is 0 Å². The largest absolute Gasteiger partial charge is 0.392 e. The van der Waals surface area contributed by atoms with Crippen molar-refractivity contribution in [2.45, 2.75) is 38.6 Å². The molecule has 0 spiro atoms. The maximum atomic E-state index is 11.7. The third kappa shape index (κ3) is 4.89. The fourth-order valence-corrected chi connectivity index (χ4v) is 3.86. The van der Waals surface area contributed by atoms with Gasteiger partial charge < -0.3 is 5.73 Å². The predicted octanol–water partition coefficient (Wildman–Crippen LogP) is 0.952. The average Bonchev–Trinajstić information content (AvgIpc) is 2.27. The van der Waals surface area contributed by atoms with E-state index in [1.54, 1.807) is 0 Å². The summed E-state index contributed by atoms with van der Waals surface area (Å²) in [5.74, 6) is 0.499. The molecule has 17 heavy (non-hydrogen) atoms. The van der Waals surface area contributed by atoms with Crippen molar-refractivity contribution >= 4 is 27.0 Å². The van der Waals surface area contributed by atoms with Crippen molar-refractivity contribution < 1.29 is 8.42 Å². The lowest BCUT2D eigenvalue weighted by Gasteiger charge is -2.34. The number of sulfone groups is 1. The van der Waals surface area contributed by atoms with Gasteiger partial charge in [-0.3, -0.25) is 4.90 Å².